The van der Waals surface area contributed by atoms with Crippen LogP contribution in [0.2, 0.25) is 0 Å². The van der Waals surface area contributed by atoms with Crippen LogP contribution in [0.3, 0.4) is 0 Å². The van der Waals surface area contributed by atoms with E-state index in [0.717, 1.165) is 17.8 Å². The molecule has 1 rings (SSSR count). The van der Waals surface area contributed by atoms with E-state index in [1.165, 1.54) is 5.56 Å². The van der Waals surface area contributed by atoms with Gasteiger partial charge < -0.3 is 0 Å². The molecule has 0 heterocycles. The van der Waals surface area contributed by atoms with E-state index < -0.39 is 0 Å². The molecule has 1 aromatic carbocycles. The molecule has 1 aromatic rings. The zero-order valence-electron chi connectivity index (χ0n) is 19.9. The first-order valence-electron chi connectivity index (χ1n) is 9.55. The molecule has 0 spiro atoms. The number of hydrogen-bond donors (Lipinski definition) is 0. The lowest BCUT2D eigenvalue weighted by molar-refractivity contribution is 0.736. The summed E-state index contributed by atoms with van der Waals surface area (Å²) in [6.07, 6.45) is 0. The first-order valence-corrected chi connectivity index (χ1v) is 9.55. The zero-order valence-corrected chi connectivity index (χ0v) is 19.9. The summed E-state index contributed by atoms with van der Waals surface area (Å²) in [6, 6.07) is 10.5. The van der Waals surface area contributed by atoms with Crippen molar-refractivity contribution in [3.8, 4) is 0 Å². The van der Waals surface area contributed by atoms with Crippen molar-refractivity contribution in [3.05, 3.63) is 35.9 Å². The van der Waals surface area contributed by atoms with E-state index in [1.54, 1.807) is 0 Å². The van der Waals surface area contributed by atoms with Crippen molar-refractivity contribution >= 4 is 16.8 Å². The Kier molecular flexibility index (Phi) is 49.1. The van der Waals surface area contributed by atoms with Gasteiger partial charge in [-0.15, -0.1) is 0 Å². The molecule has 0 fully saturated rings. The van der Waals surface area contributed by atoms with Crippen molar-refractivity contribution in [2.75, 3.05) is 0 Å². The molecule has 25 heavy (non-hydrogen) atoms. The van der Waals surface area contributed by atoms with Crippen LogP contribution in [0.25, 0.3) is 0 Å². The monoisotopic (exact) mass is 346 g/mol. The van der Waals surface area contributed by atoms with Gasteiger partial charge in [0.15, 0.2) is 0 Å². The lowest BCUT2D eigenvalue weighted by Gasteiger charge is -2.01. The van der Waals surface area contributed by atoms with E-state index in [0.29, 0.717) is 5.92 Å². The third-order valence-electron chi connectivity index (χ3n) is 1.47. The van der Waals surface area contributed by atoms with Gasteiger partial charge in [-0.2, -0.15) is 0 Å². The summed E-state index contributed by atoms with van der Waals surface area (Å²) in [7, 11) is 0. The summed E-state index contributed by atoms with van der Waals surface area (Å²) in [4.78, 5) is 0. The second-order valence-electron chi connectivity index (χ2n) is 7.76. The fourth-order valence-electron chi connectivity index (χ4n) is 0.838. The molecular formula is C23H48B2. The summed E-state index contributed by atoms with van der Waals surface area (Å²) < 4.78 is 0. The Morgan fingerprint density at radius 1 is 0.480 bits per heavy atom. The molecule has 0 bridgehead atoms. The standard InChI is InChI=1S/C9H12.3C4H10.C2H6.2B/c1-8(2)9-6-4-3-5-7-9;3*1-4(2)3;1-2;;/h3-8H,1-2H3;3*4H,1-3H3;1-2H3;;. The third-order valence-corrected chi connectivity index (χ3v) is 1.47. The Labute approximate surface area is 166 Å². The van der Waals surface area contributed by atoms with Crippen molar-refractivity contribution in [3.63, 3.8) is 0 Å². The van der Waals surface area contributed by atoms with Crippen molar-refractivity contribution in [1.82, 2.24) is 0 Å². The van der Waals surface area contributed by atoms with Crippen LogP contribution in [0.5, 0.6) is 0 Å². The number of hydrogen-bond acceptors (Lipinski definition) is 0. The molecule has 0 saturated carbocycles. The Balaban J connectivity index is -0.0000000491. The summed E-state index contributed by atoms with van der Waals surface area (Å²) >= 11 is 0. The number of benzene rings is 1. The van der Waals surface area contributed by atoms with Gasteiger partial charge >= 0.3 is 0 Å². The van der Waals surface area contributed by atoms with Crippen LogP contribution >= 0.6 is 0 Å². The summed E-state index contributed by atoms with van der Waals surface area (Å²) in [5.74, 6) is 3.16. The molecule has 0 nitrogen and oxygen atoms in total. The zero-order chi connectivity index (χ0) is 19.4. The first kappa shape index (κ1) is 39.4. The van der Waals surface area contributed by atoms with Crippen LogP contribution in [0.15, 0.2) is 30.3 Å². The van der Waals surface area contributed by atoms with Crippen molar-refractivity contribution in [2.45, 2.75) is 95.9 Å². The SMILES string of the molecule is CC.CC(C)C.CC(C)C.CC(C)C.CC(C)c1ccccc1.[B].[B]. The normalized spacial score (nSPS) is 8.20. The second kappa shape index (κ2) is 31.2. The molecule has 0 saturated heterocycles. The van der Waals surface area contributed by atoms with Crippen molar-refractivity contribution in [1.29, 1.82) is 0 Å². The van der Waals surface area contributed by atoms with Crippen LogP contribution in [-0.2, 0) is 0 Å². The first-order chi connectivity index (χ1) is 10.5. The maximum atomic E-state index is 2.20. The molecule has 0 aromatic heterocycles. The van der Waals surface area contributed by atoms with E-state index in [9.17, 15) is 0 Å². The third kappa shape index (κ3) is 82.6. The average Bonchev–Trinajstić information content (AvgIpc) is 2.40. The molecular weight excluding hydrogens is 298 g/mol. The predicted octanol–water partition coefficient (Wildman–Crippen LogP) is 8.06. The Morgan fingerprint density at radius 3 is 0.800 bits per heavy atom. The molecule has 0 amide bonds. The van der Waals surface area contributed by atoms with Crippen molar-refractivity contribution < 1.29 is 0 Å². The lowest BCUT2D eigenvalue weighted by atomic mass is 10.0. The maximum Gasteiger partial charge on any atom is 0 e. The molecule has 6 radical (unpaired) electrons. The van der Waals surface area contributed by atoms with Gasteiger partial charge in [0, 0.05) is 16.8 Å². The van der Waals surface area contributed by atoms with Crippen LogP contribution in [-0.4, -0.2) is 16.8 Å². The molecule has 0 aliphatic heterocycles. The largest absolute Gasteiger partial charge is 0.0683 e. The lowest BCUT2D eigenvalue weighted by Crippen LogP contribution is -1.83. The highest BCUT2D eigenvalue weighted by molar-refractivity contribution is 5.76. The highest BCUT2D eigenvalue weighted by Crippen LogP contribution is 2.11. The Hall–Kier alpha value is -0.650. The smallest absolute Gasteiger partial charge is 0 e. The van der Waals surface area contributed by atoms with Gasteiger partial charge in [0.1, 0.15) is 0 Å². The molecule has 0 aliphatic carbocycles. The van der Waals surface area contributed by atoms with Crippen molar-refractivity contribution in [2.24, 2.45) is 17.8 Å². The Morgan fingerprint density at radius 2 is 0.680 bits per heavy atom. The van der Waals surface area contributed by atoms with Gasteiger partial charge in [-0.25, -0.2) is 0 Å². The molecule has 0 aliphatic rings. The predicted molar refractivity (Wildman–Crippen MR) is 125 cm³/mol. The quantitative estimate of drug-likeness (QED) is 0.451. The topological polar surface area (TPSA) is 0 Å². The van der Waals surface area contributed by atoms with Crippen LogP contribution in [0, 0.1) is 17.8 Å². The fourth-order valence-corrected chi connectivity index (χ4v) is 0.838. The molecule has 0 N–H and O–H groups in total. The van der Waals surface area contributed by atoms with E-state index in [-0.39, 0.29) is 16.8 Å². The molecule has 0 unspecified atom stereocenters. The maximum absolute atomic E-state index is 2.20. The van der Waals surface area contributed by atoms with E-state index in [2.05, 4.69) is 100 Å². The van der Waals surface area contributed by atoms with Crippen LogP contribution < -0.4 is 0 Å². The highest BCUT2D eigenvalue weighted by Gasteiger charge is 1.93. The molecule has 2 heteroatoms. The highest BCUT2D eigenvalue weighted by atomic mass is 14.0. The van der Waals surface area contributed by atoms with Gasteiger partial charge in [-0.1, -0.05) is 120 Å². The minimum absolute atomic E-state index is 0. The van der Waals surface area contributed by atoms with Gasteiger partial charge in [0.2, 0.25) is 0 Å². The Bertz CT molecular complexity index is 255. The van der Waals surface area contributed by atoms with Gasteiger partial charge in [0.05, 0.1) is 0 Å². The minimum atomic E-state index is 0. The van der Waals surface area contributed by atoms with Crippen LogP contribution in [0.4, 0.5) is 0 Å². The summed E-state index contributed by atoms with van der Waals surface area (Å²) in [5, 5.41) is 0. The fraction of sp³-hybridized carbons (Fsp3) is 0.739. The average molecular weight is 346 g/mol. The molecule has 0 atom stereocenters. The van der Waals surface area contributed by atoms with Gasteiger partial charge in [-0.3, -0.25) is 0 Å². The summed E-state index contributed by atoms with van der Waals surface area (Å²) in [5.41, 5.74) is 1.41. The summed E-state index contributed by atoms with van der Waals surface area (Å²) in [6.45, 7) is 27.9. The van der Waals surface area contributed by atoms with Gasteiger partial charge in [0.25, 0.3) is 0 Å². The minimum Gasteiger partial charge on any atom is -0.0683 e. The number of rotatable bonds is 1. The van der Waals surface area contributed by atoms with Crippen LogP contribution in [0.1, 0.15) is 101 Å². The van der Waals surface area contributed by atoms with Gasteiger partial charge in [-0.05, 0) is 29.2 Å². The van der Waals surface area contributed by atoms with E-state index in [1.807, 2.05) is 19.9 Å². The van der Waals surface area contributed by atoms with E-state index in [4.69, 9.17) is 0 Å². The second-order valence-corrected chi connectivity index (χ2v) is 7.76. The van der Waals surface area contributed by atoms with E-state index >= 15 is 0 Å². The molecule has 146 valence electrons.